The predicted molar refractivity (Wildman–Crippen MR) is 130 cm³/mol. The van der Waals surface area contributed by atoms with Crippen molar-refractivity contribution in [2.75, 3.05) is 44.6 Å². The van der Waals surface area contributed by atoms with Gasteiger partial charge >= 0.3 is 5.97 Å². The highest BCUT2D eigenvalue weighted by atomic mass is 32.1. The standard InChI is InChI=1S/C25H27N3O5S/c1-3-32-25(31)22-19(20-10-9-17(2)33-20)16-34-23(22)26-21(29)15-27-11-13-28(14-12-27)24(30)18-7-5-4-6-8-18/h4-10,16H,3,11-15H2,1-2H3,(H,26,29). The third-order valence-corrected chi connectivity index (χ3v) is 6.47. The Morgan fingerprint density at radius 3 is 2.44 bits per heavy atom. The van der Waals surface area contributed by atoms with Crippen molar-refractivity contribution in [2.45, 2.75) is 13.8 Å². The number of nitrogens with one attached hydrogen (secondary N) is 1. The highest BCUT2D eigenvalue weighted by Crippen LogP contribution is 2.37. The van der Waals surface area contributed by atoms with Crippen LogP contribution in [-0.2, 0) is 9.53 Å². The number of esters is 1. The van der Waals surface area contributed by atoms with E-state index in [0.29, 0.717) is 53.6 Å². The van der Waals surface area contributed by atoms with Gasteiger partial charge in [-0.2, -0.15) is 0 Å². The van der Waals surface area contributed by atoms with Gasteiger partial charge in [-0.05, 0) is 38.1 Å². The molecule has 1 N–H and O–H groups in total. The summed E-state index contributed by atoms with van der Waals surface area (Å²) in [7, 11) is 0. The van der Waals surface area contributed by atoms with Crippen LogP contribution in [-0.4, -0.2) is 66.9 Å². The molecule has 4 rings (SSSR count). The number of rotatable bonds is 7. The van der Waals surface area contributed by atoms with Crippen LogP contribution in [0.5, 0.6) is 0 Å². The summed E-state index contributed by atoms with van der Waals surface area (Å²) in [4.78, 5) is 41.9. The van der Waals surface area contributed by atoms with E-state index in [1.165, 1.54) is 11.3 Å². The number of hydrogen-bond acceptors (Lipinski definition) is 7. The molecule has 34 heavy (non-hydrogen) atoms. The molecule has 1 aliphatic heterocycles. The van der Waals surface area contributed by atoms with E-state index in [-0.39, 0.29) is 25.0 Å². The number of piperazine rings is 1. The summed E-state index contributed by atoms with van der Waals surface area (Å²) < 4.78 is 10.9. The Balaban J connectivity index is 1.38. The van der Waals surface area contributed by atoms with Crippen LogP contribution >= 0.6 is 11.3 Å². The normalized spacial score (nSPS) is 14.1. The first-order chi connectivity index (χ1) is 16.5. The molecule has 3 heterocycles. The number of carbonyl (C=O) groups excluding carboxylic acids is 3. The summed E-state index contributed by atoms with van der Waals surface area (Å²) in [6, 6.07) is 12.8. The fourth-order valence-corrected chi connectivity index (χ4v) is 4.81. The second-order valence-electron chi connectivity index (χ2n) is 7.97. The Kier molecular flexibility index (Phi) is 7.44. The quantitative estimate of drug-likeness (QED) is 0.515. The Labute approximate surface area is 202 Å². The molecule has 0 spiro atoms. The van der Waals surface area contributed by atoms with E-state index in [4.69, 9.17) is 9.15 Å². The number of ether oxygens (including phenoxy) is 1. The lowest BCUT2D eigenvalue weighted by molar-refractivity contribution is -0.117. The van der Waals surface area contributed by atoms with Crippen molar-refractivity contribution < 1.29 is 23.5 Å². The fourth-order valence-electron chi connectivity index (χ4n) is 3.86. The van der Waals surface area contributed by atoms with E-state index in [2.05, 4.69) is 5.32 Å². The zero-order valence-electron chi connectivity index (χ0n) is 19.2. The van der Waals surface area contributed by atoms with Crippen molar-refractivity contribution in [2.24, 2.45) is 0 Å². The van der Waals surface area contributed by atoms with Crippen molar-refractivity contribution in [3.63, 3.8) is 0 Å². The van der Waals surface area contributed by atoms with Gasteiger partial charge in [-0.3, -0.25) is 14.5 Å². The topological polar surface area (TPSA) is 92.1 Å². The SMILES string of the molecule is CCOC(=O)c1c(-c2ccc(C)o2)csc1NC(=O)CN1CCN(C(=O)c2ccccc2)CC1. The minimum absolute atomic E-state index is 0.00283. The molecule has 0 atom stereocenters. The summed E-state index contributed by atoms with van der Waals surface area (Å²) in [5, 5.41) is 5.09. The van der Waals surface area contributed by atoms with Gasteiger partial charge in [-0.25, -0.2) is 4.79 Å². The Hall–Kier alpha value is -3.43. The number of hydrogen-bond donors (Lipinski definition) is 1. The monoisotopic (exact) mass is 481 g/mol. The number of aryl methyl sites for hydroxylation is 1. The van der Waals surface area contributed by atoms with Gasteiger partial charge in [0.15, 0.2) is 0 Å². The molecule has 0 saturated carbocycles. The maximum Gasteiger partial charge on any atom is 0.341 e. The van der Waals surface area contributed by atoms with E-state index in [0.717, 1.165) is 5.76 Å². The summed E-state index contributed by atoms with van der Waals surface area (Å²) >= 11 is 1.26. The molecule has 2 aromatic heterocycles. The van der Waals surface area contributed by atoms with Gasteiger partial charge in [0, 0.05) is 42.7 Å². The van der Waals surface area contributed by atoms with Crippen molar-refractivity contribution in [3.05, 3.63) is 64.7 Å². The Morgan fingerprint density at radius 1 is 1.06 bits per heavy atom. The lowest BCUT2D eigenvalue weighted by Crippen LogP contribution is -2.50. The maximum atomic E-state index is 12.8. The van der Waals surface area contributed by atoms with E-state index in [1.54, 1.807) is 23.3 Å². The van der Waals surface area contributed by atoms with Crippen molar-refractivity contribution in [1.82, 2.24) is 9.80 Å². The number of carbonyl (C=O) groups is 3. The smallest absolute Gasteiger partial charge is 0.341 e. The van der Waals surface area contributed by atoms with Gasteiger partial charge in [0.05, 0.1) is 13.2 Å². The third-order valence-electron chi connectivity index (χ3n) is 5.58. The first kappa shape index (κ1) is 23.7. The second-order valence-corrected chi connectivity index (χ2v) is 8.85. The highest BCUT2D eigenvalue weighted by Gasteiger charge is 2.26. The van der Waals surface area contributed by atoms with Gasteiger partial charge in [0.1, 0.15) is 22.1 Å². The summed E-state index contributed by atoms with van der Waals surface area (Å²) in [6.45, 7) is 6.26. The molecule has 1 aromatic carbocycles. The number of thiophene rings is 1. The highest BCUT2D eigenvalue weighted by molar-refractivity contribution is 7.15. The van der Waals surface area contributed by atoms with Gasteiger partial charge in [-0.1, -0.05) is 18.2 Å². The maximum absolute atomic E-state index is 12.8. The molecular weight excluding hydrogens is 454 g/mol. The Bertz CT molecular complexity index is 1160. The summed E-state index contributed by atoms with van der Waals surface area (Å²) in [6.07, 6.45) is 0. The van der Waals surface area contributed by atoms with Crippen molar-refractivity contribution in [1.29, 1.82) is 0 Å². The second kappa shape index (κ2) is 10.7. The number of benzene rings is 1. The lowest BCUT2D eigenvalue weighted by atomic mass is 10.1. The van der Waals surface area contributed by atoms with Crippen LogP contribution in [0.3, 0.4) is 0 Å². The average molecular weight is 482 g/mol. The first-order valence-corrected chi connectivity index (χ1v) is 12.1. The van der Waals surface area contributed by atoms with Crippen LogP contribution < -0.4 is 5.32 Å². The number of amides is 2. The van der Waals surface area contributed by atoms with Crippen molar-refractivity contribution >= 4 is 34.1 Å². The molecule has 0 aliphatic carbocycles. The number of furan rings is 1. The fraction of sp³-hybridized carbons (Fsp3) is 0.320. The zero-order chi connectivity index (χ0) is 24.1. The van der Waals surface area contributed by atoms with E-state index in [1.807, 2.05) is 48.2 Å². The van der Waals surface area contributed by atoms with Crippen molar-refractivity contribution in [3.8, 4) is 11.3 Å². The van der Waals surface area contributed by atoms with Crippen LogP contribution in [0.1, 0.15) is 33.4 Å². The lowest BCUT2D eigenvalue weighted by Gasteiger charge is -2.34. The van der Waals surface area contributed by atoms with E-state index < -0.39 is 5.97 Å². The van der Waals surface area contributed by atoms with Crippen LogP contribution in [0.4, 0.5) is 5.00 Å². The minimum atomic E-state index is -0.504. The van der Waals surface area contributed by atoms with Crippen LogP contribution in [0, 0.1) is 6.92 Å². The molecule has 1 saturated heterocycles. The Morgan fingerprint density at radius 2 is 1.79 bits per heavy atom. The average Bonchev–Trinajstić information content (AvgIpc) is 3.45. The molecule has 0 unspecified atom stereocenters. The van der Waals surface area contributed by atoms with Gasteiger partial charge < -0.3 is 19.4 Å². The molecule has 0 radical (unpaired) electrons. The molecular formula is C25H27N3O5S. The molecule has 2 amide bonds. The molecule has 9 heteroatoms. The zero-order valence-corrected chi connectivity index (χ0v) is 20.0. The summed E-state index contributed by atoms with van der Waals surface area (Å²) in [5.41, 5.74) is 1.56. The van der Waals surface area contributed by atoms with Crippen LogP contribution in [0.2, 0.25) is 0 Å². The minimum Gasteiger partial charge on any atom is -0.462 e. The van der Waals surface area contributed by atoms with Crippen LogP contribution in [0.15, 0.2) is 52.3 Å². The largest absolute Gasteiger partial charge is 0.462 e. The molecule has 0 bridgehead atoms. The van der Waals surface area contributed by atoms with Gasteiger partial charge in [0.2, 0.25) is 5.91 Å². The van der Waals surface area contributed by atoms with Gasteiger partial charge in [0.25, 0.3) is 5.91 Å². The molecule has 178 valence electrons. The molecule has 8 nitrogen and oxygen atoms in total. The molecule has 1 fully saturated rings. The van der Waals surface area contributed by atoms with Crippen LogP contribution in [0.25, 0.3) is 11.3 Å². The molecule has 1 aliphatic rings. The number of nitrogens with zero attached hydrogens (tertiary/aromatic N) is 2. The third kappa shape index (κ3) is 5.37. The van der Waals surface area contributed by atoms with E-state index in [9.17, 15) is 14.4 Å². The number of anilines is 1. The van der Waals surface area contributed by atoms with Gasteiger partial charge in [-0.15, -0.1) is 11.3 Å². The summed E-state index contributed by atoms with van der Waals surface area (Å²) in [5.74, 6) is 0.555. The predicted octanol–water partition coefficient (Wildman–Crippen LogP) is 3.89. The molecule has 3 aromatic rings. The van der Waals surface area contributed by atoms with E-state index >= 15 is 0 Å². The first-order valence-electron chi connectivity index (χ1n) is 11.2.